The minimum atomic E-state index is -4.01. The van der Waals surface area contributed by atoms with Gasteiger partial charge in [0.05, 0.1) is 10.6 Å². The Morgan fingerprint density at radius 1 is 1.11 bits per heavy atom. The number of benzene rings is 2. The number of aryl methyl sites for hydroxylation is 1. The van der Waals surface area contributed by atoms with Crippen LogP contribution in [0.25, 0.3) is 0 Å². The summed E-state index contributed by atoms with van der Waals surface area (Å²) < 4.78 is 41.3. The van der Waals surface area contributed by atoms with Gasteiger partial charge in [0.25, 0.3) is 15.9 Å². The molecule has 1 fully saturated rings. The number of carbonyl (C=O) groups excluding carboxylic acids is 1. The van der Waals surface area contributed by atoms with Gasteiger partial charge in [0.15, 0.2) is 0 Å². The summed E-state index contributed by atoms with van der Waals surface area (Å²) in [7, 11) is -4.01. The average Bonchev–Trinajstić information content (AvgIpc) is 2.69. The Kier molecular flexibility index (Phi) is 6.34. The number of nitrogens with one attached hydrogen (secondary N) is 2. The van der Waals surface area contributed by atoms with Gasteiger partial charge in [-0.25, -0.2) is 12.8 Å². The van der Waals surface area contributed by atoms with Crippen molar-refractivity contribution in [3.63, 3.8) is 0 Å². The third-order valence-electron chi connectivity index (χ3n) is 5.16. The van der Waals surface area contributed by atoms with Gasteiger partial charge < -0.3 is 5.32 Å². The molecule has 1 aliphatic rings. The molecule has 0 heterocycles. The molecular weight excluding hydrogens is 379 g/mol. The van der Waals surface area contributed by atoms with E-state index in [0.29, 0.717) is 23.6 Å². The Labute approximate surface area is 165 Å². The molecule has 0 saturated heterocycles. The van der Waals surface area contributed by atoms with Gasteiger partial charge in [-0.1, -0.05) is 37.5 Å². The highest BCUT2D eigenvalue weighted by Gasteiger charge is 2.20. The van der Waals surface area contributed by atoms with Crippen LogP contribution in [0.2, 0.25) is 0 Å². The lowest BCUT2D eigenvalue weighted by atomic mass is 9.89. The lowest BCUT2D eigenvalue weighted by Crippen LogP contribution is -2.31. The second-order valence-corrected chi connectivity index (χ2v) is 8.96. The van der Waals surface area contributed by atoms with Crippen molar-refractivity contribution in [1.29, 1.82) is 0 Å². The van der Waals surface area contributed by atoms with Crippen molar-refractivity contribution in [2.24, 2.45) is 5.92 Å². The number of sulfonamides is 1. The number of hydrogen-bond donors (Lipinski definition) is 2. The van der Waals surface area contributed by atoms with E-state index in [1.807, 2.05) is 0 Å². The summed E-state index contributed by atoms with van der Waals surface area (Å²) in [5, 5.41) is 2.93. The lowest BCUT2D eigenvalue weighted by Gasteiger charge is -2.22. The molecule has 150 valence electrons. The topological polar surface area (TPSA) is 75.3 Å². The summed E-state index contributed by atoms with van der Waals surface area (Å²) in [6.45, 7) is 2.36. The van der Waals surface area contributed by atoms with E-state index in [9.17, 15) is 17.6 Å². The third-order valence-corrected chi connectivity index (χ3v) is 6.52. The van der Waals surface area contributed by atoms with Crippen LogP contribution < -0.4 is 10.0 Å². The summed E-state index contributed by atoms with van der Waals surface area (Å²) >= 11 is 0. The maximum absolute atomic E-state index is 13.8. The molecule has 0 unspecified atom stereocenters. The monoisotopic (exact) mass is 404 g/mol. The molecule has 1 aliphatic carbocycles. The predicted molar refractivity (Wildman–Crippen MR) is 107 cm³/mol. The van der Waals surface area contributed by atoms with Crippen molar-refractivity contribution < 1.29 is 17.6 Å². The Morgan fingerprint density at radius 2 is 1.82 bits per heavy atom. The second kappa shape index (κ2) is 8.73. The lowest BCUT2D eigenvalue weighted by molar-refractivity contribution is 0.0942. The molecule has 7 heteroatoms. The van der Waals surface area contributed by atoms with E-state index >= 15 is 0 Å². The van der Waals surface area contributed by atoms with Crippen molar-refractivity contribution >= 4 is 21.6 Å². The number of carbonyl (C=O) groups is 1. The molecule has 0 atom stereocenters. The number of hydrogen-bond acceptors (Lipinski definition) is 3. The van der Waals surface area contributed by atoms with Gasteiger partial charge in [0, 0.05) is 12.1 Å². The Balaban J connectivity index is 1.76. The zero-order chi connectivity index (χ0) is 20.1. The van der Waals surface area contributed by atoms with E-state index in [1.165, 1.54) is 49.6 Å². The van der Waals surface area contributed by atoms with Crippen LogP contribution in [0, 0.1) is 18.7 Å². The van der Waals surface area contributed by atoms with Gasteiger partial charge in [-0.2, -0.15) is 0 Å². The Bertz CT molecular complexity index is 954. The van der Waals surface area contributed by atoms with Crippen LogP contribution in [0.1, 0.15) is 48.0 Å². The van der Waals surface area contributed by atoms with Gasteiger partial charge in [-0.3, -0.25) is 9.52 Å². The molecule has 2 aromatic rings. The number of anilines is 1. The van der Waals surface area contributed by atoms with E-state index in [-0.39, 0.29) is 16.5 Å². The summed E-state index contributed by atoms with van der Waals surface area (Å²) in [5.41, 5.74) is 0.865. The van der Waals surface area contributed by atoms with Crippen LogP contribution >= 0.6 is 0 Å². The zero-order valence-corrected chi connectivity index (χ0v) is 16.7. The van der Waals surface area contributed by atoms with Gasteiger partial charge >= 0.3 is 0 Å². The molecule has 0 radical (unpaired) electrons. The fourth-order valence-electron chi connectivity index (χ4n) is 3.48. The highest BCUT2D eigenvalue weighted by atomic mass is 32.2. The molecule has 0 aromatic heterocycles. The predicted octanol–water partition coefficient (Wildman–Crippen LogP) is 4.25. The molecule has 2 aromatic carbocycles. The van der Waals surface area contributed by atoms with E-state index in [0.717, 1.165) is 12.8 Å². The summed E-state index contributed by atoms with van der Waals surface area (Å²) in [6.07, 6.45) is 5.85. The molecule has 5 nitrogen and oxygen atoms in total. The van der Waals surface area contributed by atoms with Gasteiger partial charge in [-0.05, 0) is 55.5 Å². The van der Waals surface area contributed by atoms with Crippen molar-refractivity contribution in [3.05, 3.63) is 59.4 Å². The van der Waals surface area contributed by atoms with Crippen LogP contribution in [-0.2, 0) is 10.0 Å². The van der Waals surface area contributed by atoms with Crippen LogP contribution in [0.4, 0.5) is 10.1 Å². The molecule has 1 amide bonds. The normalized spacial score (nSPS) is 15.2. The van der Waals surface area contributed by atoms with Crippen LogP contribution in [0.15, 0.2) is 47.4 Å². The minimum Gasteiger partial charge on any atom is -0.352 e. The largest absolute Gasteiger partial charge is 0.352 e. The molecule has 0 spiro atoms. The van der Waals surface area contributed by atoms with Gasteiger partial charge in [-0.15, -0.1) is 0 Å². The highest BCUT2D eigenvalue weighted by molar-refractivity contribution is 7.92. The van der Waals surface area contributed by atoms with Crippen molar-refractivity contribution in [1.82, 2.24) is 5.32 Å². The molecule has 2 N–H and O–H groups in total. The second-order valence-electron chi connectivity index (χ2n) is 7.28. The fraction of sp³-hybridized carbons (Fsp3) is 0.381. The molecular formula is C21H25FN2O3S. The van der Waals surface area contributed by atoms with Crippen LogP contribution in [0.5, 0.6) is 0 Å². The van der Waals surface area contributed by atoms with Crippen molar-refractivity contribution in [2.75, 3.05) is 11.3 Å². The zero-order valence-electron chi connectivity index (χ0n) is 15.9. The summed E-state index contributed by atoms with van der Waals surface area (Å²) in [4.78, 5) is 12.5. The van der Waals surface area contributed by atoms with Crippen LogP contribution in [-0.4, -0.2) is 20.9 Å². The maximum atomic E-state index is 13.8. The van der Waals surface area contributed by atoms with Gasteiger partial charge in [0.2, 0.25) is 0 Å². The number of para-hydroxylation sites is 1. The van der Waals surface area contributed by atoms with E-state index in [4.69, 9.17) is 0 Å². The first-order valence-electron chi connectivity index (χ1n) is 9.53. The highest BCUT2D eigenvalue weighted by Crippen LogP contribution is 2.24. The first-order chi connectivity index (χ1) is 13.4. The quantitative estimate of drug-likeness (QED) is 0.756. The standard InChI is InChI=1S/C21H25FN2O3S/c1-15-11-12-17(28(26,27)24-20-10-6-5-9-19(20)22)13-18(15)21(25)23-14-16-7-3-2-4-8-16/h5-6,9-13,16,24H,2-4,7-8,14H2,1H3,(H,23,25). The minimum absolute atomic E-state index is 0.0795. The van der Waals surface area contributed by atoms with Crippen molar-refractivity contribution in [2.45, 2.75) is 43.9 Å². The Hall–Kier alpha value is -2.41. The van der Waals surface area contributed by atoms with Crippen LogP contribution in [0.3, 0.4) is 0 Å². The smallest absolute Gasteiger partial charge is 0.262 e. The van der Waals surface area contributed by atoms with E-state index in [1.54, 1.807) is 19.1 Å². The Morgan fingerprint density at radius 3 is 2.54 bits per heavy atom. The average molecular weight is 405 g/mol. The molecule has 28 heavy (non-hydrogen) atoms. The SMILES string of the molecule is Cc1ccc(S(=O)(=O)Nc2ccccc2F)cc1C(=O)NCC1CCCCC1. The third kappa shape index (κ3) is 4.90. The van der Waals surface area contributed by atoms with Crippen molar-refractivity contribution in [3.8, 4) is 0 Å². The van der Waals surface area contributed by atoms with E-state index in [2.05, 4.69) is 10.0 Å². The summed E-state index contributed by atoms with van der Waals surface area (Å²) in [6, 6.07) is 9.89. The summed E-state index contributed by atoms with van der Waals surface area (Å²) in [5.74, 6) is -0.470. The van der Waals surface area contributed by atoms with Gasteiger partial charge in [0.1, 0.15) is 5.82 Å². The molecule has 0 aliphatic heterocycles. The molecule has 0 bridgehead atoms. The molecule has 1 saturated carbocycles. The first-order valence-corrected chi connectivity index (χ1v) is 11.0. The number of rotatable bonds is 6. The number of halogens is 1. The fourth-order valence-corrected chi connectivity index (χ4v) is 4.58. The van der Waals surface area contributed by atoms with E-state index < -0.39 is 15.8 Å². The first kappa shape index (κ1) is 20.3. The molecule has 3 rings (SSSR count). The number of amides is 1. The maximum Gasteiger partial charge on any atom is 0.262 e.